The fraction of sp³-hybridized carbons (Fsp3) is 0.0909. The Morgan fingerprint density at radius 3 is 2.82 bits per heavy atom. The third-order valence-corrected chi connectivity index (χ3v) is 2.88. The molecule has 1 N–H and O–H groups in total. The van der Waals surface area contributed by atoms with Crippen molar-refractivity contribution in [1.29, 1.82) is 0 Å². The van der Waals surface area contributed by atoms with Gasteiger partial charge in [-0.05, 0) is 34.1 Å². The molecule has 0 aliphatic carbocycles. The number of nitrogens with zero attached hydrogens (tertiary/aromatic N) is 2. The third-order valence-electron chi connectivity index (χ3n) is 2.21. The number of methoxy groups -OCH3 is 1. The summed E-state index contributed by atoms with van der Waals surface area (Å²) in [4.78, 5) is 10.7. The maximum atomic E-state index is 10.7. The van der Waals surface area contributed by atoms with E-state index in [9.17, 15) is 4.79 Å². The van der Waals surface area contributed by atoms with Crippen molar-refractivity contribution in [3.8, 4) is 11.4 Å². The molecule has 88 valence electrons. The zero-order chi connectivity index (χ0) is 12.4. The van der Waals surface area contributed by atoms with Crippen LogP contribution in [0.25, 0.3) is 5.69 Å². The molecule has 0 fully saturated rings. The Hall–Kier alpha value is -1.82. The predicted octanol–water partition coefficient (Wildman–Crippen LogP) is 2.34. The Morgan fingerprint density at radius 1 is 1.47 bits per heavy atom. The van der Waals surface area contributed by atoms with Crippen LogP contribution in [0.3, 0.4) is 0 Å². The fourth-order valence-corrected chi connectivity index (χ4v) is 1.80. The number of aromatic carboxylic acids is 1. The minimum atomic E-state index is -1.05. The van der Waals surface area contributed by atoms with Crippen LogP contribution in [0.1, 0.15) is 10.5 Å². The fourth-order valence-electron chi connectivity index (χ4n) is 1.37. The number of ether oxygens (including phenoxy) is 1. The number of carbonyl (C=O) groups is 1. The lowest BCUT2D eigenvalue weighted by Crippen LogP contribution is -2.01. The largest absolute Gasteiger partial charge is 0.497 e. The number of benzene rings is 1. The molecule has 5 nitrogen and oxygen atoms in total. The van der Waals surface area contributed by atoms with Gasteiger partial charge in [-0.25, -0.2) is 9.48 Å². The molecule has 6 heteroatoms. The maximum absolute atomic E-state index is 10.7. The van der Waals surface area contributed by atoms with E-state index in [1.807, 2.05) is 6.07 Å². The van der Waals surface area contributed by atoms with Crippen LogP contribution in [0.5, 0.6) is 5.75 Å². The first-order valence-electron chi connectivity index (χ1n) is 4.74. The van der Waals surface area contributed by atoms with Gasteiger partial charge in [0.25, 0.3) is 0 Å². The van der Waals surface area contributed by atoms with Crippen molar-refractivity contribution >= 4 is 21.9 Å². The number of rotatable bonds is 3. The van der Waals surface area contributed by atoms with E-state index in [0.29, 0.717) is 5.75 Å². The monoisotopic (exact) mass is 296 g/mol. The summed E-state index contributed by atoms with van der Waals surface area (Å²) in [5, 5.41) is 12.8. The third kappa shape index (κ3) is 2.31. The smallest absolute Gasteiger partial charge is 0.356 e. The Bertz CT molecular complexity index is 566. The van der Waals surface area contributed by atoms with Gasteiger partial charge in [0.15, 0.2) is 5.69 Å². The molecule has 0 spiro atoms. The summed E-state index contributed by atoms with van der Waals surface area (Å²) in [6.07, 6.45) is 1.59. The van der Waals surface area contributed by atoms with Crippen molar-refractivity contribution in [2.24, 2.45) is 0 Å². The van der Waals surface area contributed by atoms with Gasteiger partial charge in [0.2, 0.25) is 0 Å². The molecule has 17 heavy (non-hydrogen) atoms. The molecule has 0 amide bonds. The van der Waals surface area contributed by atoms with E-state index in [1.165, 1.54) is 10.7 Å². The lowest BCUT2D eigenvalue weighted by Gasteiger charge is -2.06. The summed E-state index contributed by atoms with van der Waals surface area (Å²) < 4.78 is 7.39. The molecule has 0 saturated carbocycles. The van der Waals surface area contributed by atoms with E-state index in [-0.39, 0.29) is 5.69 Å². The molecule has 2 rings (SSSR count). The average Bonchev–Trinajstić information content (AvgIpc) is 2.79. The van der Waals surface area contributed by atoms with Crippen LogP contribution in [0, 0.1) is 0 Å². The van der Waals surface area contributed by atoms with Crippen LogP contribution in [0.4, 0.5) is 0 Å². The predicted molar refractivity (Wildman–Crippen MR) is 64.8 cm³/mol. The van der Waals surface area contributed by atoms with Crippen LogP contribution in [0.2, 0.25) is 0 Å². The van der Waals surface area contributed by atoms with Gasteiger partial charge in [-0.15, -0.1) is 0 Å². The van der Waals surface area contributed by atoms with Crippen LogP contribution in [0.15, 0.2) is 34.9 Å². The molecule has 1 heterocycles. The highest BCUT2D eigenvalue weighted by molar-refractivity contribution is 9.10. The number of hydrogen-bond donors (Lipinski definition) is 1. The second kappa shape index (κ2) is 4.58. The van der Waals surface area contributed by atoms with Crippen molar-refractivity contribution < 1.29 is 14.6 Å². The molecule has 0 radical (unpaired) electrons. The Labute approximate surface area is 106 Å². The van der Waals surface area contributed by atoms with Gasteiger partial charge >= 0.3 is 5.97 Å². The van der Waals surface area contributed by atoms with Gasteiger partial charge in [0.05, 0.1) is 12.8 Å². The van der Waals surface area contributed by atoms with Gasteiger partial charge < -0.3 is 9.84 Å². The summed E-state index contributed by atoms with van der Waals surface area (Å²) in [7, 11) is 1.57. The Kier molecular flexibility index (Phi) is 3.14. The van der Waals surface area contributed by atoms with E-state index >= 15 is 0 Å². The highest BCUT2D eigenvalue weighted by Gasteiger charge is 2.10. The van der Waals surface area contributed by atoms with Crippen molar-refractivity contribution in [2.75, 3.05) is 7.11 Å². The molecule has 0 atom stereocenters. The standard InChI is InChI=1S/C11H9BrN2O3/c1-17-7-2-3-8(12)10(6-7)14-5-4-9(13-14)11(15)16/h2-6H,1H3,(H,15,16). The van der Waals surface area contributed by atoms with Crippen LogP contribution in [-0.2, 0) is 0 Å². The SMILES string of the molecule is COc1ccc(Br)c(-n2ccc(C(=O)O)n2)c1. The summed E-state index contributed by atoms with van der Waals surface area (Å²) in [6, 6.07) is 6.82. The van der Waals surface area contributed by atoms with Crippen LogP contribution >= 0.6 is 15.9 Å². The molecule has 0 bridgehead atoms. The molecule has 0 aliphatic rings. The second-order valence-corrected chi connectivity index (χ2v) is 4.12. The number of aromatic nitrogens is 2. The van der Waals surface area contributed by atoms with Gasteiger partial charge in [-0.1, -0.05) is 0 Å². The highest BCUT2D eigenvalue weighted by atomic mass is 79.9. The second-order valence-electron chi connectivity index (χ2n) is 3.27. The summed E-state index contributed by atoms with van der Waals surface area (Å²) in [5.74, 6) is -0.377. The van der Waals surface area contributed by atoms with E-state index in [2.05, 4.69) is 21.0 Å². The molecule has 0 saturated heterocycles. The van der Waals surface area contributed by atoms with Crippen LogP contribution in [-0.4, -0.2) is 28.0 Å². The molecule has 0 aliphatic heterocycles. The zero-order valence-corrected chi connectivity index (χ0v) is 10.5. The number of hydrogen-bond acceptors (Lipinski definition) is 3. The Balaban J connectivity index is 2.47. The lowest BCUT2D eigenvalue weighted by atomic mass is 10.3. The molecular weight excluding hydrogens is 288 g/mol. The summed E-state index contributed by atoms with van der Waals surface area (Å²) in [5.41, 5.74) is 0.719. The first-order valence-corrected chi connectivity index (χ1v) is 5.54. The van der Waals surface area contributed by atoms with Gasteiger partial charge in [-0.2, -0.15) is 5.10 Å². The van der Waals surface area contributed by atoms with E-state index < -0.39 is 5.97 Å². The van der Waals surface area contributed by atoms with E-state index in [0.717, 1.165) is 10.2 Å². The van der Waals surface area contributed by atoms with E-state index in [1.54, 1.807) is 25.4 Å². The number of carboxylic acid groups (broad SMARTS) is 1. The molecular formula is C11H9BrN2O3. The van der Waals surface area contributed by atoms with Crippen molar-refractivity contribution in [2.45, 2.75) is 0 Å². The van der Waals surface area contributed by atoms with Crippen molar-refractivity contribution in [3.63, 3.8) is 0 Å². The topological polar surface area (TPSA) is 64.3 Å². The average molecular weight is 297 g/mol. The quantitative estimate of drug-likeness (QED) is 0.944. The van der Waals surface area contributed by atoms with Gasteiger partial charge in [0, 0.05) is 16.7 Å². The minimum Gasteiger partial charge on any atom is -0.497 e. The zero-order valence-electron chi connectivity index (χ0n) is 8.92. The maximum Gasteiger partial charge on any atom is 0.356 e. The molecule has 1 aromatic heterocycles. The summed E-state index contributed by atoms with van der Waals surface area (Å²) in [6.45, 7) is 0. The minimum absolute atomic E-state index is 0.000259. The van der Waals surface area contributed by atoms with Crippen molar-refractivity contribution in [3.05, 3.63) is 40.6 Å². The molecule has 1 aromatic carbocycles. The Morgan fingerprint density at radius 2 is 2.24 bits per heavy atom. The van der Waals surface area contributed by atoms with Gasteiger partial charge in [0.1, 0.15) is 5.75 Å². The van der Waals surface area contributed by atoms with Gasteiger partial charge in [-0.3, -0.25) is 0 Å². The molecule has 2 aromatic rings. The first kappa shape index (κ1) is 11.7. The summed E-state index contributed by atoms with van der Waals surface area (Å²) >= 11 is 3.38. The highest BCUT2D eigenvalue weighted by Crippen LogP contribution is 2.25. The molecule has 0 unspecified atom stereocenters. The number of carboxylic acids is 1. The van der Waals surface area contributed by atoms with Crippen molar-refractivity contribution in [1.82, 2.24) is 9.78 Å². The lowest BCUT2D eigenvalue weighted by molar-refractivity contribution is 0.0690. The first-order chi connectivity index (χ1) is 8.11. The number of halogens is 1. The van der Waals surface area contributed by atoms with Crippen LogP contribution < -0.4 is 4.74 Å². The normalized spacial score (nSPS) is 10.2. The van der Waals surface area contributed by atoms with E-state index in [4.69, 9.17) is 9.84 Å².